The summed E-state index contributed by atoms with van der Waals surface area (Å²) in [5, 5.41) is 3.75. The Morgan fingerprint density at radius 1 is 1.08 bits per heavy atom. The van der Waals surface area contributed by atoms with Crippen molar-refractivity contribution in [3.05, 3.63) is 12.2 Å². The lowest BCUT2D eigenvalue weighted by Crippen LogP contribution is -2.35. The van der Waals surface area contributed by atoms with Crippen molar-refractivity contribution in [2.24, 2.45) is 5.92 Å². The zero-order valence-corrected chi connectivity index (χ0v) is 7.92. The maximum Gasteiger partial charge on any atom is 0.0139 e. The minimum Gasteiger partial charge on any atom is -0.311 e. The summed E-state index contributed by atoms with van der Waals surface area (Å²) in [4.78, 5) is 0. The van der Waals surface area contributed by atoms with Crippen LogP contribution >= 0.6 is 0 Å². The molecule has 0 aromatic carbocycles. The Morgan fingerprint density at radius 3 is 2.42 bits per heavy atom. The molecule has 0 amide bonds. The fourth-order valence-corrected chi connectivity index (χ4v) is 2.45. The highest BCUT2D eigenvalue weighted by Crippen LogP contribution is 2.26. The zero-order chi connectivity index (χ0) is 8.39. The first-order valence-electron chi connectivity index (χ1n) is 5.25. The molecule has 2 atom stereocenters. The van der Waals surface area contributed by atoms with Gasteiger partial charge >= 0.3 is 0 Å². The van der Waals surface area contributed by atoms with Crippen LogP contribution in [0.15, 0.2) is 12.2 Å². The van der Waals surface area contributed by atoms with Gasteiger partial charge < -0.3 is 5.32 Å². The summed E-state index contributed by atoms with van der Waals surface area (Å²) < 4.78 is 0. The second-order valence-electron chi connectivity index (χ2n) is 4.42. The maximum absolute atomic E-state index is 3.75. The monoisotopic (exact) mass is 165 g/mol. The Hall–Kier alpha value is -0.300. The Morgan fingerprint density at radius 2 is 1.83 bits per heavy atom. The summed E-state index contributed by atoms with van der Waals surface area (Å²) in [5.41, 5.74) is 0. The smallest absolute Gasteiger partial charge is 0.0139 e. The van der Waals surface area contributed by atoms with Gasteiger partial charge in [0.2, 0.25) is 0 Å². The van der Waals surface area contributed by atoms with Crippen LogP contribution in [0.1, 0.15) is 39.0 Å². The molecule has 2 aliphatic rings. The van der Waals surface area contributed by atoms with Crippen LogP contribution in [-0.2, 0) is 0 Å². The van der Waals surface area contributed by atoms with Crippen molar-refractivity contribution in [1.29, 1.82) is 0 Å². The molecule has 2 unspecified atom stereocenters. The molecule has 1 nitrogen and oxygen atoms in total. The van der Waals surface area contributed by atoms with Crippen molar-refractivity contribution in [3.63, 3.8) is 0 Å². The Balaban J connectivity index is 1.73. The molecule has 0 radical (unpaired) electrons. The van der Waals surface area contributed by atoms with Crippen molar-refractivity contribution in [2.45, 2.75) is 51.1 Å². The van der Waals surface area contributed by atoms with Crippen LogP contribution in [0.2, 0.25) is 0 Å². The molecule has 1 N–H and O–H groups in total. The lowest BCUT2D eigenvalue weighted by molar-refractivity contribution is 0.433. The van der Waals surface area contributed by atoms with Gasteiger partial charge in [-0.1, -0.05) is 19.1 Å². The van der Waals surface area contributed by atoms with Crippen molar-refractivity contribution in [2.75, 3.05) is 0 Å². The van der Waals surface area contributed by atoms with E-state index in [0.29, 0.717) is 0 Å². The molecule has 0 aromatic rings. The maximum atomic E-state index is 3.75. The Kier molecular flexibility index (Phi) is 2.50. The summed E-state index contributed by atoms with van der Waals surface area (Å²) in [5.74, 6) is 0.955. The van der Waals surface area contributed by atoms with Crippen molar-refractivity contribution in [3.8, 4) is 0 Å². The van der Waals surface area contributed by atoms with E-state index in [1.165, 1.54) is 32.1 Å². The standard InChI is InChI=1S/C11H19N/c1-9-6-7-11(8-9)12-10-4-2-3-5-10/h2-3,9-12H,4-8H2,1H3. The quantitative estimate of drug-likeness (QED) is 0.620. The summed E-state index contributed by atoms with van der Waals surface area (Å²) in [7, 11) is 0. The van der Waals surface area contributed by atoms with Crippen LogP contribution in [0, 0.1) is 5.92 Å². The van der Waals surface area contributed by atoms with Crippen molar-refractivity contribution >= 4 is 0 Å². The van der Waals surface area contributed by atoms with Crippen LogP contribution in [0.25, 0.3) is 0 Å². The fourth-order valence-electron chi connectivity index (χ4n) is 2.45. The van der Waals surface area contributed by atoms with Gasteiger partial charge in [0.15, 0.2) is 0 Å². The van der Waals surface area contributed by atoms with Gasteiger partial charge in [0.25, 0.3) is 0 Å². The zero-order valence-electron chi connectivity index (χ0n) is 7.92. The first kappa shape index (κ1) is 8.31. The van der Waals surface area contributed by atoms with E-state index in [-0.39, 0.29) is 0 Å². The molecular weight excluding hydrogens is 146 g/mol. The molecule has 2 rings (SSSR count). The molecule has 1 fully saturated rings. The van der Waals surface area contributed by atoms with Crippen LogP contribution in [0.3, 0.4) is 0 Å². The summed E-state index contributed by atoms with van der Waals surface area (Å²) in [6.07, 6.45) is 11.3. The third kappa shape index (κ3) is 1.89. The van der Waals surface area contributed by atoms with Crippen LogP contribution in [-0.4, -0.2) is 12.1 Å². The largest absolute Gasteiger partial charge is 0.311 e. The highest BCUT2D eigenvalue weighted by molar-refractivity contribution is 4.99. The lowest BCUT2D eigenvalue weighted by Gasteiger charge is -2.18. The van der Waals surface area contributed by atoms with Crippen molar-refractivity contribution < 1.29 is 0 Å². The first-order chi connectivity index (χ1) is 5.84. The third-order valence-corrected chi connectivity index (χ3v) is 3.17. The van der Waals surface area contributed by atoms with Gasteiger partial charge in [0.1, 0.15) is 0 Å². The molecule has 0 aliphatic heterocycles. The molecule has 0 bridgehead atoms. The van der Waals surface area contributed by atoms with Gasteiger partial charge in [-0.3, -0.25) is 0 Å². The Bertz CT molecular complexity index is 166. The molecule has 12 heavy (non-hydrogen) atoms. The average molecular weight is 165 g/mol. The number of hydrogen-bond acceptors (Lipinski definition) is 1. The molecule has 0 saturated heterocycles. The molecule has 1 saturated carbocycles. The SMILES string of the molecule is CC1CCC(NC2CC=CC2)C1. The molecule has 0 spiro atoms. The minimum absolute atomic E-state index is 0.764. The second kappa shape index (κ2) is 3.61. The van der Waals surface area contributed by atoms with Crippen LogP contribution in [0.5, 0.6) is 0 Å². The molecule has 68 valence electrons. The van der Waals surface area contributed by atoms with Gasteiger partial charge in [-0.2, -0.15) is 0 Å². The average Bonchev–Trinajstić information content (AvgIpc) is 2.63. The Labute approximate surface area is 75.2 Å². The van der Waals surface area contributed by atoms with E-state index >= 15 is 0 Å². The first-order valence-corrected chi connectivity index (χ1v) is 5.25. The van der Waals surface area contributed by atoms with Gasteiger partial charge in [-0.05, 0) is 38.0 Å². The topological polar surface area (TPSA) is 12.0 Å². The van der Waals surface area contributed by atoms with E-state index in [4.69, 9.17) is 0 Å². The van der Waals surface area contributed by atoms with E-state index in [2.05, 4.69) is 24.4 Å². The van der Waals surface area contributed by atoms with E-state index in [9.17, 15) is 0 Å². The van der Waals surface area contributed by atoms with E-state index < -0.39 is 0 Å². The highest BCUT2D eigenvalue weighted by atomic mass is 15.0. The van der Waals surface area contributed by atoms with Gasteiger partial charge in [0, 0.05) is 12.1 Å². The number of hydrogen-bond donors (Lipinski definition) is 1. The van der Waals surface area contributed by atoms with Crippen molar-refractivity contribution in [1.82, 2.24) is 5.32 Å². The van der Waals surface area contributed by atoms with Gasteiger partial charge in [-0.15, -0.1) is 0 Å². The predicted molar refractivity (Wildman–Crippen MR) is 52.1 cm³/mol. The van der Waals surface area contributed by atoms with Crippen LogP contribution in [0.4, 0.5) is 0 Å². The highest BCUT2D eigenvalue weighted by Gasteiger charge is 2.23. The summed E-state index contributed by atoms with van der Waals surface area (Å²) in [6.45, 7) is 2.37. The van der Waals surface area contributed by atoms with E-state index in [0.717, 1.165) is 18.0 Å². The molecule has 2 aliphatic carbocycles. The molecule has 0 heterocycles. The minimum atomic E-state index is 0.764. The summed E-state index contributed by atoms with van der Waals surface area (Å²) >= 11 is 0. The molecular formula is C11H19N. The molecule has 1 heteroatoms. The van der Waals surface area contributed by atoms with Gasteiger partial charge in [-0.25, -0.2) is 0 Å². The molecule has 0 aromatic heterocycles. The van der Waals surface area contributed by atoms with E-state index in [1.54, 1.807) is 0 Å². The fraction of sp³-hybridized carbons (Fsp3) is 0.818. The predicted octanol–water partition coefficient (Wildman–Crippen LogP) is 2.48. The number of rotatable bonds is 2. The summed E-state index contributed by atoms with van der Waals surface area (Å²) in [6, 6.07) is 1.59. The normalized spacial score (nSPS) is 36.4. The third-order valence-electron chi connectivity index (χ3n) is 3.17. The van der Waals surface area contributed by atoms with E-state index in [1.807, 2.05) is 0 Å². The second-order valence-corrected chi connectivity index (χ2v) is 4.42. The number of nitrogens with one attached hydrogen (secondary N) is 1. The van der Waals surface area contributed by atoms with Crippen LogP contribution < -0.4 is 5.32 Å². The lowest BCUT2D eigenvalue weighted by atomic mass is 10.1. The van der Waals surface area contributed by atoms with Gasteiger partial charge in [0.05, 0.1) is 0 Å².